The molecule has 0 fully saturated rings. The van der Waals surface area contributed by atoms with Crippen molar-refractivity contribution in [2.45, 2.75) is 13.8 Å². The smallest absolute Gasteiger partial charge is 0.187 e. The maximum absolute atomic E-state index is 4.65. The van der Waals surface area contributed by atoms with Gasteiger partial charge in [0.2, 0.25) is 0 Å². The van der Waals surface area contributed by atoms with Crippen LogP contribution < -0.4 is 5.32 Å². The van der Waals surface area contributed by atoms with Crippen LogP contribution in [-0.2, 0) is 0 Å². The molecule has 0 aliphatic carbocycles. The van der Waals surface area contributed by atoms with Gasteiger partial charge in [-0.1, -0.05) is 30.3 Å². The van der Waals surface area contributed by atoms with Crippen molar-refractivity contribution in [1.29, 1.82) is 0 Å². The van der Waals surface area contributed by atoms with E-state index in [0.717, 1.165) is 16.5 Å². The van der Waals surface area contributed by atoms with E-state index >= 15 is 0 Å². The van der Waals surface area contributed by atoms with Crippen molar-refractivity contribution in [3.63, 3.8) is 0 Å². The Bertz CT molecular complexity index is 717. The van der Waals surface area contributed by atoms with Gasteiger partial charge in [-0.2, -0.15) is 0 Å². The van der Waals surface area contributed by atoms with E-state index in [2.05, 4.69) is 47.7 Å². The second-order valence-corrected chi connectivity index (χ2v) is 5.69. The molecule has 0 bridgehead atoms. The molecule has 1 heterocycles. The molecule has 3 heteroatoms. The van der Waals surface area contributed by atoms with Crippen LogP contribution in [0.15, 0.2) is 53.9 Å². The van der Waals surface area contributed by atoms with Crippen LogP contribution in [0.1, 0.15) is 11.1 Å². The van der Waals surface area contributed by atoms with E-state index < -0.39 is 0 Å². The van der Waals surface area contributed by atoms with Crippen molar-refractivity contribution in [2.24, 2.45) is 0 Å². The first-order valence-electron chi connectivity index (χ1n) is 6.57. The summed E-state index contributed by atoms with van der Waals surface area (Å²) >= 11 is 1.63. The first-order valence-corrected chi connectivity index (χ1v) is 7.45. The average Bonchev–Trinajstić information content (AvgIpc) is 2.91. The number of thiazole rings is 1. The molecule has 0 saturated heterocycles. The predicted molar refractivity (Wildman–Crippen MR) is 86.7 cm³/mol. The lowest BCUT2D eigenvalue weighted by Crippen LogP contribution is -1.89. The summed E-state index contributed by atoms with van der Waals surface area (Å²) in [5, 5.41) is 6.34. The molecule has 0 radical (unpaired) electrons. The number of anilines is 2. The standard InChI is InChI=1S/C17H16N2S/c1-12-8-9-14(10-13(12)2)16-11-20-17(19-16)18-15-6-4-3-5-7-15/h3-11H,1-2H3,(H,18,19). The Hall–Kier alpha value is -2.13. The molecule has 1 aromatic heterocycles. The highest BCUT2D eigenvalue weighted by molar-refractivity contribution is 7.14. The Labute approximate surface area is 123 Å². The second kappa shape index (κ2) is 5.47. The molecule has 3 aromatic rings. The van der Waals surface area contributed by atoms with Crippen LogP contribution in [0.4, 0.5) is 10.8 Å². The summed E-state index contributed by atoms with van der Waals surface area (Å²) in [5.41, 5.74) is 5.87. The van der Waals surface area contributed by atoms with E-state index in [-0.39, 0.29) is 0 Å². The van der Waals surface area contributed by atoms with Gasteiger partial charge in [0.1, 0.15) is 0 Å². The number of aryl methyl sites for hydroxylation is 2. The van der Waals surface area contributed by atoms with Crippen LogP contribution in [0.25, 0.3) is 11.3 Å². The quantitative estimate of drug-likeness (QED) is 0.716. The molecule has 0 aliphatic heterocycles. The predicted octanol–water partition coefficient (Wildman–Crippen LogP) is 5.17. The van der Waals surface area contributed by atoms with Crippen LogP contribution in [0.5, 0.6) is 0 Å². The summed E-state index contributed by atoms with van der Waals surface area (Å²) in [4.78, 5) is 4.65. The van der Waals surface area contributed by atoms with Gasteiger partial charge < -0.3 is 5.32 Å². The Morgan fingerprint density at radius 1 is 0.950 bits per heavy atom. The first-order chi connectivity index (χ1) is 9.72. The number of para-hydroxylation sites is 1. The topological polar surface area (TPSA) is 24.9 Å². The molecular weight excluding hydrogens is 264 g/mol. The largest absolute Gasteiger partial charge is 0.332 e. The number of nitrogens with one attached hydrogen (secondary N) is 1. The number of benzene rings is 2. The summed E-state index contributed by atoms with van der Waals surface area (Å²) < 4.78 is 0. The van der Waals surface area contributed by atoms with Gasteiger partial charge in [-0.15, -0.1) is 11.3 Å². The van der Waals surface area contributed by atoms with Gasteiger partial charge in [-0.05, 0) is 43.2 Å². The van der Waals surface area contributed by atoms with Gasteiger partial charge in [-0.25, -0.2) is 4.98 Å². The molecule has 0 atom stereocenters. The normalized spacial score (nSPS) is 10.5. The lowest BCUT2D eigenvalue weighted by Gasteiger charge is -2.03. The van der Waals surface area contributed by atoms with Gasteiger partial charge in [0.15, 0.2) is 5.13 Å². The summed E-state index contributed by atoms with van der Waals surface area (Å²) in [6.07, 6.45) is 0. The van der Waals surface area contributed by atoms with Crippen molar-refractivity contribution in [3.05, 3.63) is 65.0 Å². The molecule has 2 aromatic carbocycles. The second-order valence-electron chi connectivity index (χ2n) is 4.83. The molecule has 100 valence electrons. The van der Waals surface area contributed by atoms with Crippen molar-refractivity contribution >= 4 is 22.2 Å². The summed E-state index contributed by atoms with van der Waals surface area (Å²) in [7, 11) is 0. The zero-order valence-electron chi connectivity index (χ0n) is 11.6. The number of nitrogens with zero attached hydrogens (tertiary/aromatic N) is 1. The molecule has 0 spiro atoms. The minimum absolute atomic E-state index is 0.921. The summed E-state index contributed by atoms with van der Waals surface area (Å²) in [5.74, 6) is 0. The lowest BCUT2D eigenvalue weighted by atomic mass is 10.1. The van der Waals surface area contributed by atoms with Crippen LogP contribution in [0, 0.1) is 13.8 Å². The highest BCUT2D eigenvalue weighted by Crippen LogP contribution is 2.28. The van der Waals surface area contributed by atoms with E-state index in [4.69, 9.17) is 0 Å². The molecule has 20 heavy (non-hydrogen) atoms. The number of hydrogen-bond donors (Lipinski definition) is 1. The minimum atomic E-state index is 0.921. The summed E-state index contributed by atoms with van der Waals surface area (Å²) in [6.45, 7) is 4.26. The third-order valence-corrected chi connectivity index (χ3v) is 4.09. The third-order valence-electron chi connectivity index (χ3n) is 3.33. The fourth-order valence-corrected chi connectivity index (χ4v) is 2.75. The molecule has 1 N–H and O–H groups in total. The number of rotatable bonds is 3. The molecule has 0 amide bonds. The van der Waals surface area contributed by atoms with E-state index in [1.165, 1.54) is 16.7 Å². The van der Waals surface area contributed by atoms with Crippen LogP contribution in [0.3, 0.4) is 0 Å². The maximum atomic E-state index is 4.65. The molecule has 0 unspecified atom stereocenters. The number of hydrogen-bond acceptors (Lipinski definition) is 3. The van der Waals surface area contributed by atoms with Crippen LogP contribution in [0.2, 0.25) is 0 Å². The van der Waals surface area contributed by atoms with E-state index in [1.807, 2.05) is 30.3 Å². The van der Waals surface area contributed by atoms with Crippen LogP contribution in [-0.4, -0.2) is 4.98 Å². The molecule has 2 nitrogen and oxygen atoms in total. The zero-order valence-corrected chi connectivity index (χ0v) is 12.4. The Morgan fingerprint density at radius 2 is 1.75 bits per heavy atom. The van der Waals surface area contributed by atoms with Gasteiger partial charge >= 0.3 is 0 Å². The van der Waals surface area contributed by atoms with Crippen molar-refractivity contribution in [1.82, 2.24) is 4.98 Å². The lowest BCUT2D eigenvalue weighted by molar-refractivity contribution is 1.32. The fourth-order valence-electron chi connectivity index (χ4n) is 2.01. The Kier molecular flexibility index (Phi) is 3.52. The fraction of sp³-hybridized carbons (Fsp3) is 0.118. The molecular formula is C17H16N2S. The van der Waals surface area contributed by atoms with Gasteiger partial charge in [0.25, 0.3) is 0 Å². The van der Waals surface area contributed by atoms with E-state index in [0.29, 0.717) is 0 Å². The van der Waals surface area contributed by atoms with Gasteiger partial charge in [0.05, 0.1) is 5.69 Å². The van der Waals surface area contributed by atoms with Crippen molar-refractivity contribution in [3.8, 4) is 11.3 Å². The Morgan fingerprint density at radius 3 is 2.50 bits per heavy atom. The Balaban J connectivity index is 1.84. The summed E-state index contributed by atoms with van der Waals surface area (Å²) in [6, 6.07) is 16.6. The van der Waals surface area contributed by atoms with Crippen LogP contribution >= 0.6 is 11.3 Å². The van der Waals surface area contributed by atoms with E-state index in [1.54, 1.807) is 11.3 Å². The average molecular weight is 280 g/mol. The third kappa shape index (κ3) is 2.73. The SMILES string of the molecule is Cc1ccc(-c2csc(Nc3ccccc3)n2)cc1C. The van der Waals surface area contributed by atoms with Crippen molar-refractivity contribution < 1.29 is 0 Å². The highest BCUT2D eigenvalue weighted by atomic mass is 32.1. The molecule has 0 saturated carbocycles. The van der Waals surface area contributed by atoms with Gasteiger partial charge in [-0.3, -0.25) is 0 Å². The minimum Gasteiger partial charge on any atom is -0.332 e. The zero-order chi connectivity index (χ0) is 13.9. The van der Waals surface area contributed by atoms with E-state index in [9.17, 15) is 0 Å². The van der Waals surface area contributed by atoms with Crippen molar-refractivity contribution in [2.75, 3.05) is 5.32 Å². The maximum Gasteiger partial charge on any atom is 0.187 e. The molecule has 0 aliphatic rings. The number of aromatic nitrogens is 1. The van der Waals surface area contributed by atoms with Gasteiger partial charge in [0, 0.05) is 16.6 Å². The first kappa shape index (κ1) is 12.9. The molecule has 3 rings (SSSR count). The monoisotopic (exact) mass is 280 g/mol. The highest BCUT2D eigenvalue weighted by Gasteiger charge is 2.05.